The lowest BCUT2D eigenvalue weighted by atomic mass is 9.97. The minimum absolute atomic E-state index is 0.142. The number of likely N-dealkylation sites (tertiary alicyclic amines) is 1. The molecule has 1 fully saturated rings. The summed E-state index contributed by atoms with van der Waals surface area (Å²) in [5.74, 6) is -0.342. The van der Waals surface area contributed by atoms with Gasteiger partial charge >= 0.3 is 5.97 Å². The predicted molar refractivity (Wildman–Crippen MR) is 85.8 cm³/mol. The molecule has 0 saturated carbocycles. The van der Waals surface area contributed by atoms with Crippen molar-refractivity contribution < 1.29 is 9.53 Å². The van der Waals surface area contributed by atoms with Crippen LogP contribution in [0.2, 0.25) is 5.02 Å². The van der Waals surface area contributed by atoms with Gasteiger partial charge < -0.3 is 4.74 Å². The Kier molecular flexibility index (Phi) is 5.65. The first-order valence-electron chi connectivity index (χ1n) is 7.70. The number of piperidine rings is 1. The molecule has 3 atom stereocenters. The zero-order valence-electron chi connectivity index (χ0n) is 13.0. The Morgan fingerprint density at radius 3 is 2.57 bits per heavy atom. The second kappa shape index (κ2) is 7.28. The normalized spacial score (nSPS) is 24.6. The smallest absolute Gasteiger partial charge is 0.339 e. The molecule has 0 aliphatic carbocycles. The minimum atomic E-state index is -0.342. The van der Waals surface area contributed by atoms with Crippen LogP contribution >= 0.6 is 11.6 Å². The number of hydrogen-bond acceptors (Lipinski definition) is 3. The summed E-state index contributed by atoms with van der Waals surface area (Å²) >= 11 is 6.03. The van der Waals surface area contributed by atoms with Gasteiger partial charge in [0.15, 0.2) is 0 Å². The molecule has 1 aromatic rings. The molecule has 1 aliphatic heterocycles. The molecule has 0 unspecified atom stereocenters. The molecule has 4 heteroatoms. The van der Waals surface area contributed by atoms with Gasteiger partial charge in [0.2, 0.25) is 0 Å². The van der Waals surface area contributed by atoms with E-state index in [0.717, 1.165) is 6.54 Å². The summed E-state index contributed by atoms with van der Waals surface area (Å²) in [6.07, 6.45) is 3.58. The van der Waals surface area contributed by atoms with Crippen LogP contribution in [0.4, 0.5) is 0 Å². The second-order valence-electron chi connectivity index (χ2n) is 6.02. The van der Waals surface area contributed by atoms with Crippen LogP contribution in [-0.2, 0) is 4.74 Å². The summed E-state index contributed by atoms with van der Waals surface area (Å²) in [7, 11) is 0. The first-order valence-corrected chi connectivity index (χ1v) is 8.08. The first-order chi connectivity index (χ1) is 9.99. The molecule has 0 bridgehead atoms. The van der Waals surface area contributed by atoms with Crippen LogP contribution in [0.15, 0.2) is 24.3 Å². The van der Waals surface area contributed by atoms with Crippen molar-refractivity contribution in [2.45, 2.75) is 58.2 Å². The molecular formula is C17H24ClNO2. The van der Waals surface area contributed by atoms with Crippen LogP contribution in [0.1, 0.15) is 50.4 Å². The SMILES string of the molecule is C[C@@H]1CCC[C@@H](C)N1C[C@H](C)OC(=O)c1ccccc1Cl. The maximum Gasteiger partial charge on any atom is 0.339 e. The van der Waals surface area contributed by atoms with Gasteiger partial charge in [-0.15, -0.1) is 0 Å². The van der Waals surface area contributed by atoms with Gasteiger partial charge in [0.1, 0.15) is 6.10 Å². The van der Waals surface area contributed by atoms with E-state index in [0.29, 0.717) is 22.7 Å². The number of benzene rings is 1. The third-order valence-corrected chi connectivity index (χ3v) is 4.58. The Labute approximate surface area is 132 Å². The summed E-state index contributed by atoms with van der Waals surface area (Å²) in [6, 6.07) is 8.10. The number of nitrogens with zero attached hydrogens (tertiary/aromatic N) is 1. The highest BCUT2D eigenvalue weighted by Gasteiger charge is 2.27. The Hall–Kier alpha value is -1.06. The number of carbonyl (C=O) groups is 1. The van der Waals surface area contributed by atoms with E-state index in [1.807, 2.05) is 6.92 Å². The van der Waals surface area contributed by atoms with Crippen LogP contribution in [0.25, 0.3) is 0 Å². The van der Waals surface area contributed by atoms with Crippen molar-refractivity contribution in [1.82, 2.24) is 4.90 Å². The molecule has 0 aromatic heterocycles. The molecule has 0 N–H and O–H groups in total. The van der Waals surface area contributed by atoms with E-state index in [2.05, 4.69) is 18.7 Å². The summed E-state index contributed by atoms with van der Waals surface area (Å²) < 4.78 is 5.55. The van der Waals surface area contributed by atoms with Crippen molar-refractivity contribution in [3.63, 3.8) is 0 Å². The van der Waals surface area contributed by atoms with E-state index in [1.165, 1.54) is 19.3 Å². The average Bonchev–Trinajstić information content (AvgIpc) is 2.43. The van der Waals surface area contributed by atoms with Gasteiger partial charge in [0.05, 0.1) is 10.6 Å². The number of rotatable bonds is 4. The van der Waals surface area contributed by atoms with Gasteiger partial charge in [-0.2, -0.15) is 0 Å². The van der Waals surface area contributed by atoms with Crippen molar-refractivity contribution in [3.8, 4) is 0 Å². The van der Waals surface area contributed by atoms with Crippen LogP contribution in [0, 0.1) is 0 Å². The van der Waals surface area contributed by atoms with E-state index in [1.54, 1.807) is 24.3 Å². The number of ether oxygens (including phenoxy) is 1. The zero-order chi connectivity index (χ0) is 15.4. The fraction of sp³-hybridized carbons (Fsp3) is 0.588. The van der Waals surface area contributed by atoms with E-state index >= 15 is 0 Å². The monoisotopic (exact) mass is 309 g/mol. The van der Waals surface area contributed by atoms with Crippen molar-refractivity contribution >= 4 is 17.6 Å². The maximum atomic E-state index is 12.2. The van der Waals surface area contributed by atoms with Gasteiger partial charge in [-0.25, -0.2) is 4.79 Å². The molecule has 1 aliphatic rings. The molecule has 3 nitrogen and oxygen atoms in total. The van der Waals surface area contributed by atoms with Gasteiger partial charge in [0.25, 0.3) is 0 Å². The van der Waals surface area contributed by atoms with Crippen LogP contribution in [0.5, 0.6) is 0 Å². The molecule has 21 heavy (non-hydrogen) atoms. The maximum absolute atomic E-state index is 12.2. The van der Waals surface area contributed by atoms with Gasteiger partial charge in [-0.3, -0.25) is 4.90 Å². The lowest BCUT2D eigenvalue weighted by Gasteiger charge is -2.40. The van der Waals surface area contributed by atoms with Crippen molar-refractivity contribution in [2.24, 2.45) is 0 Å². The lowest BCUT2D eigenvalue weighted by Crippen LogP contribution is -2.47. The van der Waals surface area contributed by atoms with E-state index in [4.69, 9.17) is 16.3 Å². The quantitative estimate of drug-likeness (QED) is 0.783. The van der Waals surface area contributed by atoms with E-state index in [-0.39, 0.29) is 12.1 Å². The lowest BCUT2D eigenvalue weighted by molar-refractivity contribution is 0.00813. The third-order valence-electron chi connectivity index (χ3n) is 4.25. The molecular weight excluding hydrogens is 286 g/mol. The molecule has 116 valence electrons. The Morgan fingerprint density at radius 2 is 1.95 bits per heavy atom. The molecule has 0 spiro atoms. The molecule has 1 saturated heterocycles. The minimum Gasteiger partial charge on any atom is -0.458 e. The van der Waals surface area contributed by atoms with E-state index < -0.39 is 0 Å². The predicted octanol–water partition coefficient (Wildman–Crippen LogP) is 4.15. The number of esters is 1. The highest BCUT2D eigenvalue weighted by molar-refractivity contribution is 6.33. The number of carbonyl (C=O) groups excluding carboxylic acids is 1. The molecule has 0 radical (unpaired) electrons. The molecule has 0 amide bonds. The topological polar surface area (TPSA) is 29.5 Å². The average molecular weight is 310 g/mol. The van der Waals surface area contributed by atoms with Crippen LogP contribution < -0.4 is 0 Å². The molecule has 1 aromatic carbocycles. The molecule has 1 heterocycles. The highest BCUT2D eigenvalue weighted by atomic mass is 35.5. The van der Waals surface area contributed by atoms with Crippen LogP contribution in [0.3, 0.4) is 0 Å². The Morgan fingerprint density at radius 1 is 1.33 bits per heavy atom. The number of halogens is 1. The highest BCUT2D eigenvalue weighted by Crippen LogP contribution is 2.23. The summed E-state index contributed by atoms with van der Waals surface area (Å²) in [4.78, 5) is 14.6. The van der Waals surface area contributed by atoms with Crippen LogP contribution in [-0.4, -0.2) is 35.6 Å². The van der Waals surface area contributed by atoms with Crippen molar-refractivity contribution in [2.75, 3.05) is 6.54 Å². The van der Waals surface area contributed by atoms with Gasteiger partial charge in [-0.1, -0.05) is 30.2 Å². The Bertz CT molecular complexity index is 481. The largest absolute Gasteiger partial charge is 0.458 e. The summed E-state index contributed by atoms with van der Waals surface area (Å²) in [5, 5.41) is 0.439. The first kappa shape index (κ1) is 16.3. The summed E-state index contributed by atoms with van der Waals surface area (Å²) in [5.41, 5.74) is 0.436. The Balaban J connectivity index is 1.93. The second-order valence-corrected chi connectivity index (χ2v) is 6.43. The summed E-state index contributed by atoms with van der Waals surface area (Å²) in [6.45, 7) is 7.22. The van der Waals surface area contributed by atoms with Crippen molar-refractivity contribution in [1.29, 1.82) is 0 Å². The molecule has 2 rings (SSSR count). The zero-order valence-corrected chi connectivity index (χ0v) is 13.8. The fourth-order valence-corrected chi connectivity index (χ4v) is 3.25. The fourth-order valence-electron chi connectivity index (χ4n) is 3.04. The van der Waals surface area contributed by atoms with Crippen molar-refractivity contribution in [3.05, 3.63) is 34.9 Å². The van der Waals surface area contributed by atoms with E-state index in [9.17, 15) is 4.79 Å². The standard InChI is InChI=1S/C17H24ClNO2/c1-12-7-6-8-13(2)19(12)11-14(3)21-17(20)15-9-4-5-10-16(15)18/h4-5,9-10,12-14H,6-8,11H2,1-3H3/t12-,13-,14+/m1/s1. The van der Waals surface area contributed by atoms with Gasteiger partial charge in [-0.05, 0) is 45.7 Å². The van der Waals surface area contributed by atoms with Gasteiger partial charge in [0, 0.05) is 18.6 Å². The third kappa shape index (κ3) is 4.21. The number of hydrogen-bond donors (Lipinski definition) is 0.